The number of hydrogen-bond donors (Lipinski definition) is 2. The number of thiophene rings is 1. The van der Waals surface area contributed by atoms with Crippen LogP contribution in [0.4, 0.5) is 5.00 Å². The molecule has 2 fully saturated rings. The highest BCUT2D eigenvalue weighted by molar-refractivity contribution is 14.0. The van der Waals surface area contributed by atoms with E-state index in [1.165, 1.54) is 49.9 Å². The minimum Gasteiger partial charge on any atom is -0.363 e. The molecule has 1 aliphatic heterocycles. The Morgan fingerprint density at radius 3 is 2.61 bits per heavy atom. The molecule has 0 atom stereocenters. The van der Waals surface area contributed by atoms with Crippen LogP contribution in [-0.4, -0.2) is 62.7 Å². The third-order valence-electron chi connectivity index (χ3n) is 5.92. The second kappa shape index (κ2) is 12.9. The highest BCUT2D eigenvalue weighted by Gasteiger charge is 2.21. The van der Waals surface area contributed by atoms with Gasteiger partial charge in [0, 0.05) is 38.3 Å². The monoisotopic (exact) mass is 519 g/mol. The molecule has 0 amide bonds. The van der Waals surface area contributed by atoms with Gasteiger partial charge in [-0.3, -0.25) is 4.99 Å². The summed E-state index contributed by atoms with van der Waals surface area (Å²) in [7, 11) is 2.27. The first-order valence-corrected chi connectivity index (χ1v) is 11.7. The summed E-state index contributed by atoms with van der Waals surface area (Å²) in [5.74, 6) is 0.990. The van der Waals surface area contributed by atoms with E-state index in [0.29, 0.717) is 6.04 Å². The van der Waals surface area contributed by atoms with Crippen LogP contribution >= 0.6 is 35.3 Å². The number of aliphatic imine (C=N–C) groups is 1. The molecule has 1 aromatic rings. The Labute approximate surface area is 192 Å². The Kier molecular flexibility index (Phi) is 10.9. The third kappa shape index (κ3) is 7.37. The molecule has 2 N–H and O–H groups in total. The van der Waals surface area contributed by atoms with Crippen molar-refractivity contribution in [2.24, 2.45) is 4.99 Å². The van der Waals surface area contributed by atoms with Gasteiger partial charge >= 0.3 is 0 Å². The lowest BCUT2D eigenvalue weighted by molar-refractivity contribution is 0.196. The summed E-state index contributed by atoms with van der Waals surface area (Å²) >= 11 is 1.84. The lowest BCUT2D eigenvalue weighted by Gasteiger charge is -2.33. The van der Waals surface area contributed by atoms with Gasteiger partial charge in [0.15, 0.2) is 5.96 Å². The molecule has 5 nitrogen and oxygen atoms in total. The Balaban J connectivity index is 0.00000280. The standard InChI is InChI=1S/C21H37N5S.HI/c1-3-22-21(23-13-16-25(2)19-8-5-4-6-9-19)24-18-11-14-26(15-12-18)20-10-7-17-27-20;/h7,10,17-19H,3-6,8-9,11-16H2,1-2H3,(H2,22,23,24);1H. The number of piperidine rings is 1. The summed E-state index contributed by atoms with van der Waals surface area (Å²) in [6, 6.07) is 5.67. The number of halogens is 1. The number of hydrogen-bond acceptors (Lipinski definition) is 4. The van der Waals surface area contributed by atoms with Gasteiger partial charge in [-0.25, -0.2) is 0 Å². The lowest BCUT2D eigenvalue weighted by atomic mass is 9.94. The number of nitrogens with zero attached hydrogens (tertiary/aromatic N) is 3. The molecule has 2 aliphatic rings. The lowest BCUT2D eigenvalue weighted by Crippen LogP contribution is -2.49. The van der Waals surface area contributed by atoms with Gasteiger partial charge in [-0.2, -0.15) is 0 Å². The fourth-order valence-corrected chi connectivity index (χ4v) is 5.02. The second-order valence-electron chi connectivity index (χ2n) is 7.89. The number of likely N-dealkylation sites (N-methyl/N-ethyl adjacent to an activating group) is 1. The van der Waals surface area contributed by atoms with E-state index in [0.717, 1.165) is 44.7 Å². The highest BCUT2D eigenvalue weighted by Crippen LogP contribution is 2.25. The van der Waals surface area contributed by atoms with E-state index in [1.54, 1.807) is 0 Å². The van der Waals surface area contributed by atoms with Gasteiger partial charge in [0.05, 0.1) is 11.5 Å². The Hall–Kier alpha value is -0.540. The van der Waals surface area contributed by atoms with Gasteiger partial charge in [-0.1, -0.05) is 19.3 Å². The predicted molar refractivity (Wildman–Crippen MR) is 134 cm³/mol. The molecule has 1 aliphatic carbocycles. The molecule has 0 bridgehead atoms. The number of nitrogens with one attached hydrogen (secondary N) is 2. The normalized spacial score (nSPS) is 19.5. The Morgan fingerprint density at radius 1 is 1.21 bits per heavy atom. The molecule has 2 heterocycles. The van der Waals surface area contributed by atoms with E-state index in [1.807, 2.05) is 11.3 Å². The molecular weight excluding hydrogens is 481 g/mol. The number of rotatable bonds is 7. The zero-order valence-corrected chi connectivity index (χ0v) is 20.7. The van der Waals surface area contributed by atoms with Gasteiger partial charge < -0.3 is 20.4 Å². The first kappa shape index (κ1) is 23.7. The maximum Gasteiger partial charge on any atom is 0.191 e. The van der Waals surface area contributed by atoms with E-state index in [-0.39, 0.29) is 24.0 Å². The van der Waals surface area contributed by atoms with Crippen molar-refractivity contribution in [2.45, 2.75) is 64.0 Å². The van der Waals surface area contributed by atoms with Crippen molar-refractivity contribution in [3.8, 4) is 0 Å². The second-order valence-corrected chi connectivity index (χ2v) is 8.82. The summed E-state index contributed by atoms with van der Waals surface area (Å²) in [5, 5.41) is 10.7. The van der Waals surface area contributed by atoms with E-state index in [2.05, 4.69) is 51.9 Å². The van der Waals surface area contributed by atoms with Crippen molar-refractivity contribution in [1.29, 1.82) is 0 Å². The van der Waals surface area contributed by atoms with E-state index >= 15 is 0 Å². The fourth-order valence-electron chi connectivity index (χ4n) is 4.23. The van der Waals surface area contributed by atoms with Crippen molar-refractivity contribution in [3.63, 3.8) is 0 Å². The van der Waals surface area contributed by atoms with Crippen LogP contribution in [0.3, 0.4) is 0 Å². The van der Waals surface area contributed by atoms with Crippen molar-refractivity contribution in [2.75, 3.05) is 44.7 Å². The van der Waals surface area contributed by atoms with Crippen LogP contribution in [0.2, 0.25) is 0 Å². The first-order valence-electron chi connectivity index (χ1n) is 10.8. The zero-order valence-electron chi connectivity index (χ0n) is 17.5. The van der Waals surface area contributed by atoms with Crippen molar-refractivity contribution < 1.29 is 0 Å². The largest absolute Gasteiger partial charge is 0.363 e. The molecule has 1 saturated heterocycles. The van der Waals surface area contributed by atoms with Gasteiger partial charge in [-0.05, 0) is 57.2 Å². The van der Waals surface area contributed by atoms with Gasteiger partial charge in [0.1, 0.15) is 0 Å². The van der Waals surface area contributed by atoms with Crippen LogP contribution in [0.1, 0.15) is 51.9 Å². The Morgan fingerprint density at radius 2 is 1.96 bits per heavy atom. The zero-order chi connectivity index (χ0) is 18.9. The van der Waals surface area contributed by atoms with E-state index in [9.17, 15) is 0 Å². The Bertz CT molecular complexity index is 551. The van der Waals surface area contributed by atoms with Gasteiger partial charge in [0.25, 0.3) is 0 Å². The molecule has 160 valence electrons. The summed E-state index contributed by atoms with van der Waals surface area (Å²) in [6.07, 6.45) is 9.28. The van der Waals surface area contributed by atoms with Crippen LogP contribution < -0.4 is 15.5 Å². The van der Waals surface area contributed by atoms with Crippen LogP contribution in [0, 0.1) is 0 Å². The fraction of sp³-hybridized carbons (Fsp3) is 0.762. The SMILES string of the molecule is CCNC(=NCCN(C)C1CCCCC1)NC1CCN(c2cccs2)CC1.I. The van der Waals surface area contributed by atoms with Crippen molar-refractivity contribution in [3.05, 3.63) is 17.5 Å². The summed E-state index contributed by atoms with van der Waals surface area (Å²) in [6.45, 7) is 7.24. The van der Waals surface area contributed by atoms with E-state index < -0.39 is 0 Å². The molecule has 0 unspecified atom stereocenters. The number of guanidine groups is 1. The molecule has 7 heteroatoms. The molecule has 0 aromatic carbocycles. The average Bonchev–Trinajstić information content (AvgIpc) is 3.24. The molecule has 1 aromatic heterocycles. The summed E-state index contributed by atoms with van der Waals surface area (Å²) in [5.41, 5.74) is 0. The maximum atomic E-state index is 4.85. The quantitative estimate of drug-likeness (QED) is 0.323. The highest BCUT2D eigenvalue weighted by atomic mass is 127. The van der Waals surface area contributed by atoms with Crippen LogP contribution in [-0.2, 0) is 0 Å². The molecule has 1 saturated carbocycles. The molecule has 0 spiro atoms. The van der Waals surface area contributed by atoms with Gasteiger partial charge in [-0.15, -0.1) is 35.3 Å². The molecule has 0 radical (unpaired) electrons. The van der Waals surface area contributed by atoms with Crippen LogP contribution in [0.25, 0.3) is 0 Å². The number of anilines is 1. The third-order valence-corrected chi connectivity index (χ3v) is 6.85. The first-order chi connectivity index (χ1) is 13.3. The predicted octanol–water partition coefficient (Wildman–Crippen LogP) is 4.15. The molecule has 3 rings (SSSR count). The van der Waals surface area contributed by atoms with Crippen LogP contribution in [0.5, 0.6) is 0 Å². The maximum absolute atomic E-state index is 4.85. The van der Waals surface area contributed by atoms with Crippen LogP contribution in [0.15, 0.2) is 22.5 Å². The minimum absolute atomic E-state index is 0. The minimum atomic E-state index is 0. The van der Waals surface area contributed by atoms with Crippen molar-refractivity contribution in [1.82, 2.24) is 15.5 Å². The summed E-state index contributed by atoms with van der Waals surface area (Å²) in [4.78, 5) is 9.88. The van der Waals surface area contributed by atoms with E-state index in [4.69, 9.17) is 4.99 Å². The topological polar surface area (TPSA) is 42.9 Å². The smallest absolute Gasteiger partial charge is 0.191 e. The molecular formula is C21H38IN5S. The van der Waals surface area contributed by atoms with Gasteiger partial charge in [0.2, 0.25) is 0 Å². The van der Waals surface area contributed by atoms with Crippen molar-refractivity contribution >= 4 is 46.3 Å². The summed E-state index contributed by atoms with van der Waals surface area (Å²) < 4.78 is 0. The average molecular weight is 520 g/mol. The molecule has 28 heavy (non-hydrogen) atoms.